The van der Waals surface area contributed by atoms with Gasteiger partial charge in [-0.3, -0.25) is 0 Å². The number of esters is 1. The molecule has 0 aliphatic rings. The van der Waals surface area contributed by atoms with Gasteiger partial charge in [0.2, 0.25) is 0 Å². The summed E-state index contributed by atoms with van der Waals surface area (Å²) in [5.41, 5.74) is 9.95. The molecule has 1 rings (SSSR count). The molecular weight excluding hydrogens is 244 g/mol. The summed E-state index contributed by atoms with van der Waals surface area (Å²) in [6, 6.07) is 7.87. The molecule has 1 aromatic rings. The summed E-state index contributed by atoms with van der Waals surface area (Å²) in [5.74, 6) is 0.260. The molecule has 0 N–H and O–H groups in total. The molecule has 0 unspecified atom stereocenters. The number of carbonyl (C=O) groups excluding carboxylic acids is 1. The minimum Gasteiger partial charge on any atom is -0.497 e. The first-order chi connectivity index (χ1) is 9.21. The van der Waals surface area contributed by atoms with Crippen molar-refractivity contribution in [1.82, 2.24) is 0 Å². The molecule has 0 atom stereocenters. The number of rotatable bonds is 7. The summed E-state index contributed by atoms with van der Waals surface area (Å²) >= 11 is 0. The van der Waals surface area contributed by atoms with E-state index in [-0.39, 0.29) is 5.71 Å². The molecule has 5 heteroatoms. The summed E-state index contributed by atoms with van der Waals surface area (Å²) < 4.78 is 9.59. The van der Waals surface area contributed by atoms with Crippen LogP contribution in [-0.2, 0) is 16.0 Å². The van der Waals surface area contributed by atoms with Crippen molar-refractivity contribution >= 4 is 11.7 Å². The number of methoxy groups -OCH3 is 2. The zero-order chi connectivity index (χ0) is 14.1. The molecule has 0 aromatic heterocycles. The van der Waals surface area contributed by atoms with Crippen LogP contribution in [0.15, 0.2) is 24.3 Å². The monoisotopic (exact) mass is 262 g/mol. The first-order valence-electron chi connectivity index (χ1n) is 6.13. The SMILES string of the molecule is COC(=O)C(CCCCc1ccc(OC)cc1)=[N+]=[N-]. The molecule has 0 amide bonds. The lowest BCUT2D eigenvalue weighted by molar-refractivity contribution is -0.137. The Morgan fingerprint density at radius 3 is 2.42 bits per heavy atom. The third-order valence-corrected chi connectivity index (χ3v) is 2.83. The molecular formula is C14H18N2O3. The number of benzene rings is 1. The lowest BCUT2D eigenvalue weighted by Crippen LogP contribution is -2.16. The van der Waals surface area contributed by atoms with Crippen molar-refractivity contribution < 1.29 is 19.1 Å². The number of hydrogen-bond donors (Lipinski definition) is 0. The maximum Gasteiger partial charge on any atom is 0.416 e. The van der Waals surface area contributed by atoms with E-state index in [9.17, 15) is 4.79 Å². The van der Waals surface area contributed by atoms with Crippen LogP contribution in [0.2, 0.25) is 0 Å². The van der Waals surface area contributed by atoms with Gasteiger partial charge >= 0.3 is 11.7 Å². The molecule has 0 bridgehead atoms. The molecule has 102 valence electrons. The van der Waals surface area contributed by atoms with Gasteiger partial charge in [0.25, 0.3) is 0 Å². The van der Waals surface area contributed by atoms with Crippen molar-refractivity contribution in [3.05, 3.63) is 35.4 Å². The topological polar surface area (TPSA) is 71.9 Å². The highest BCUT2D eigenvalue weighted by atomic mass is 16.5. The van der Waals surface area contributed by atoms with Gasteiger partial charge in [0.15, 0.2) is 0 Å². The summed E-state index contributed by atoms with van der Waals surface area (Å²) in [6.45, 7) is 0. The minimum absolute atomic E-state index is 0.0669. The molecule has 0 saturated carbocycles. The Labute approximate surface area is 112 Å². The van der Waals surface area contributed by atoms with E-state index >= 15 is 0 Å². The minimum atomic E-state index is -0.577. The van der Waals surface area contributed by atoms with E-state index in [0.717, 1.165) is 25.0 Å². The second-order valence-electron chi connectivity index (χ2n) is 4.09. The van der Waals surface area contributed by atoms with E-state index < -0.39 is 5.97 Å². The quantitative estimate of drug-likeness (QED) is 0.249. The average molecular weight is 262 g/mol. The van der Waals surface area contributed by atoms with Crippen molar-refractivity contribution in [2.24, 2.45) is 0 Å². The Bertz CT molecular complexity index is 462. The van der Waals surface area contributed by atoms with Gasteiger partial charge in [-0.15, -0.1) is 0 Å². The first kappa shape index (κ1) is 14.9. The van der Waals surface area contributed by atoms with Crippen molar-refractivity contribution in [3.63, 3.8) is 0 Å². The number of hydrogen-bond acceptors (Lipinski definition) is 3. The molecule has 5 nitrogen and oxygen atoms in total. The largest absolute Gasteiger partial charge is 0.497 e. The van der Waals surface area contributed by atoms with Crippen LogP contribution in [-0.4, -0.2) is 30.7 Å². The van der Waals surface area contributed by atoms with Crippen molar-refractivity contribution in [3.8, 4) is 5.75 Å². The van der Waals surface area contributed by atoms with Crippen molar-refractivity contribution in [1.29, 1.82) is 0 Å². The lowest BCUT2D eigenvalue weighted by Gasteiger charge is -2.02. The summed E-state index contributed by atoms with van der Waals surface area (Å²) in [7, 11) is 2.91. The van der Waals surface area contributed by atoms with Crippen molar-refractivity contribution in [2.45, 2.75) is 25.7 Å². The lowest BCUT2D eigenvalue weighted by atomic mass is 10.1. The Hall–Kier alpha value is -2.13. The molecule has 0 saturated heterocycles. The summed E-state index contributed by atoms with van der Waals surface area (Å²) in [4.78, 5) is 14.1. The number of aryl methyl sites for hydroxylation is 1. The Kier molecular flexibility index (Phi) is 6.33. The van der Waals surface area contributed by atoms with Crippen molar-refractivity contribution in [2.75, 3.05) is 14.2 Å². The predicted molar refractivity (Wildman–Crippen MR) is 71.2 cm³/mol. The molecule has 0 heterocycles. The maximum atomic E-state index is 11.2. The van der Waals surface area contributed by atoms with Crippen LogP contribution in [0.25, 0.3) is 5.53 Å². The number of ether oxygens (including phenoxy) is 2. The number of nitrogens with zero attached hydrogens (tertiary/aromatic N) is 2. The fourth-order valence-corrected chi connectivity index (χ4v) is 1.72. The highest BCUT2D eigenvalue weighted by molar-refractivity contribution is 6.33. The molecule has 1 aromatic carbocycles. The maximum absolute atomic E-state index is 11.2. The number of carbonyl (C=O) groups is 1. The normalized spacial score (nSPS) is 9.58. The van der Waals surface area contributed by atoms with Crippen LogP contribution in [0, 0.1) is 0 Å². The van der Waals surface area contributed by atoms with E-state index in [1.807, 2.05) is 24.3 Å². The van der Waals surface area contributed by atoms with E-state index in [1.165, 1.54) is 12.7 Å². The standard InChI is InChI=1S/C14H18N2O3/c1-18-12-9-7-11(8-10-12)5-3-4-6-13(16-15)14(17)19-2/h7-10H,3-6H2,1-2H3. The van der Waals surface area contributed by atoms with Gasteiger partial charge in [-0.05, 0) is 37.0 Å². The van der Waals surface area contributed by atoms with Crippen LogP contribution in [0.1, 0.15) is 24.8 Å². The molecule has 0 fully saturated rings. The van der Waals surface area contributed by atoms with E-state index in [1.54, 1.807) is 7.11 Å². The highest BCUT2D eigenvalue weighted by Gasteiger charge is 2.19. The second-order valence-corrected chi connectivity index (χ2v) is 4.09. The summed E-state index contributed by atoms with van der Waals surface area (Å²) in [6.07, 6.45) is 2.99. The van der Waals surface area contributed by atoms with Gasteiger partial charge in [-0.2, -0.15) is 4.79 Å². The average Bonchev–Trinajstić information content (AvgIpc) is 2.47. The molecule has 0 radical (unpaired) electrons. The molecule has 19 heavy (non-hydrogen) atoms. The van der Waals surface area contributed by atoms with Gasteiger partial charge in [0.1, 0.15) is 5.75 Å². The predicted octanol–water partition coefficient (Wildman–Crippen LogP) is 2.25. The van der Waals surface area contributed by atoms with Gasteiger partial charge in [-0.1, -0.05) is 12.1 Å². The van der Waals surface area contributed by atoms with Gasteiger partial charge in [0, 0.05) is 0 Å². The van der Waals surface area contributed by atoms with Crippen LogP contribution >= 0.6 is 0 Å². The zero-order valence-corrected chi connectivity index (χ0v) is 11.3. The Balaban J connectivity index is 2.34. The van der Waals surface area contributed by atoms with E-state index in [2.05, 4.69) is 9.53 Å². The third-order valence-electron chi connectivity index (χ3n) is 2.83. The first-order valence-corrected chi connectivity index (χ1v) is 6.13. The van der Waals surface area contributed by atoms with Gasteiger partial charge < -0.3 is 15.0 Å². The van der Waals surface area contributed by atoms with E-state index in [4.69, 9.17) is 10.3 Å². The van der Waals surface area contributed by atoms with Gasteiger partial charge in [0.05, 0.1) is 20.6 Å². The fraction of sp³-hybridized carbons (Fsp3) is 0.429. The molecule has 0 aliphatic carbocycles. The Morgan fingerprint density at radius 2 is 1.89 bits per heavy atom. The van der Waals surface area contributed by atoms with Gasteiger partial charge in [-0.25, -0.2) is 4.79 Å². The number of unbranched alkanes of at least 4 members (excludes halogenated alkanes) is 1. The zero-order valence-electron chi connectivity index (χ0n) is 11.3. The van der Waals surface area contributed by atoms with Crippen LogP contribution in [0.3, 0.4) is 0 Å². The third kappa shape index (κ3) is 4.94. The smallest absolute Gasteiger partial charge is 0.416 e. The van der Waals surface area contributed by atoms with Crippen LogP contribution < -0.4 is 4.74 Å². The van der Waals surface area contributed by atoms with Crippen LogP contribution in [0.4, 0.5) is 0 Å². The molecule has 0 spiro atoms. The Morgan fingerprint density at radius 1 is 1.21 bits per heavy atom. The highest BCUT2D eigenvalue weighted by Crippen LogP contribution is 2.13. The fourth-order valence-electron chi connectivity index (χ4n) is 1.72. The van der Waals surface area contributed by atoms with Crippen LogP contribution in [0.5, 0.6) is 5.75 Å². The summed E-state index contributed by atoms with van der Waals surface area (Å²) in [5, 5.41) is 0. The second kappa shape index (κ2) is 8.06. The van der Waals surface area contributed by atoms with E-state index in [0.29, 0.717) is 6.42 Å². The molecule has 0 aliphatic heterocycles.